The SMILES string of the molecule is COc1ccc(Br)c(-c2ncn(C(C)(C)C)c2N)c1. The quantitative estimate of drug-likeness (QED) is 0.917. The molecule has 2 aromatic rings. The molecule has 2 rings (SSSR count). The van der Waals surface area contributed by atoms with Gasteiger partial charge in [-0.05, 0) is 39.0 Å². The fourth-order valence-corrected chi connectivity index (χ4v) is 2.35. The zero-order chi connectivity index (χ0) is 14.2. The third kappa shape index (κ3) is 2.61. The van der Waals surface area contributed by atoms with Gasteiger partial charge in [-0.2, -0.15) is 0 Å². The van der Waals surface area contributed by atoms with Crippen molar-refractivity contribution in [3.63, 3.8) is 0 Å². The monoisotopic (exact) mass is 323 g/mol. The van der Waals surface area contributed by atoms with Crippen molar-refractivity contribution in [2.75, 3.05) is 12.8 Å². The van der Waals surface area contributed by atoms with Crippen LogP contribution < -0.4 is 10.5 Å². The smallest absolute Gasteiger partial charge is 0.132 e. The summed E-state index contributed by atoms with van der Waals surface area (Å²) in [4.78, 5) is 4.44. The highest BCUT2D eigenvalue weighted by Crippen LogP contribution is 2.35. The number of ether oxygens (including phenoxy) is 1. The van der Waals surface area contributed by atoms with E-state index in [1.165, 1.54) is 0 Å². The van der Waals surface area contributed by atoms with Crippen LogP contribution in [0.3, 0.4) is 0 Å². The van der Waals surface area contributed by atoms with Gasteiger partial charge in [0.15, 0.2) is 0 Å². The van der Waals surface area contributed by atoms with E-state index < -0.39 is 0 Å². The molecule has 102 valence electrons. The minimum Gasteiger partial charge on any atom is -0.497 e. The van der Waals surface area contributed by atoms with Crippen molar-refractivity contribution in [3.8, 4) is 17.0 Å². The first kappa shape index (κ1) is 13.9. The predicted octanol–water partition coefficient (Wildman–Crippen LogP) is 3.66. The van der Waals surface area contributed by atoms with Crippen molar-refractivity contribution in [1.29, 1.82) is 0 Å². The van der Waals surface area contributed by atoms with Crippen LogP contribution in [0.15, 0.2) is 29.0 Å². The lowest BCUT2D eigenvalue weighted by Gasteiger charge is -2.22. The summed E-state index contributed by atoms with van der Waals surface area (Å²) in [7, 11) is 1.64. The van der Waals surface area contributed by atoms with Crippen molar-refractivity contribution < 1.29 is 4.74 Å². The molecule has 0 unspecified atom stereocenters. The highest BCUT2D eigenvalue weighted by molar-refractivity contribution is 9.10. The Bertz CT molecular complexity index is 599. The fraction of sp³-hybridized carbons (Fsp3) is 0.357. The standard InChI is InChI=1S/C14H18BrN3O/c1-14(2,3)18-8-17-12(13(18)16)10-7-9(19-4)5-6-11(10)15/h5-8H,16H2,1-4H3. The van der Waals surface area contributed by atoms with Gasteiger partial charge in [0.05, 0.1) is 13.4 Å². The highest BCUT2D eigenvalue weighted by atomic mass is 79.9. The summed E-state index contributed by atoms with van der Waals surface area (Å²) in [6.07, 6.45) is 1.77. The average Bonchev–Trinajstić information content (AvgIpc) is 2.71. The lowest BCUT2D eigenvalue weighted by Crippen LogP contribution is -2.22. The molecule has 4 nitrogen and oxygen atoms in total. The van der Waals surface area contributed by atoms with Gasteiger partial charge >= 0.3 is 0 Å². The lowest BCUT2D eigenvalue weighted by atomic mass is 10.1. The van der Waals surface area contributed by atoms with E-state index in [4.69, 9.17) is 10.5 Å². The molecule has 0 fully saturated rings. The zero-order valence-corrected chi connectivity index (χ0v) is 13.2. The van der Waals surface area contributed by atoms with Crippen LogP contribution in [-0.4, -0.2) is 16.7 Å². The van der Waals surface area contributed by atoms with Gasteiger partial charge in [0.2, 0.25) is 0 Å². The van der Waals surface area contributed by atoms with Crippen LogP contribution in [-0.2, 0) is 5.54 Å². The molecule has 0 spiro atoms. The molecule has 1 aromatic carbocycles. The van der Waals surface area contributed by atoms with E-state index in [1.807, 2.05) is 22.8 Å². The molecular weight excluding hydrogens is 306 g/mol. The van der Waals surface area contributed by atoms with Crippen molar-refractivity contribution in [2.45, 2.75) is 26.3 Å². The van der Waals surface area contributed by atoms with Gasteiger partial charge < -0.3 is 15.0 Å². The maximum absolute atomic E-state index is 6.22. The third-order valence-corrected chi connectivity index (χ3v) is 3.65. The van der Waals surface area contributed by atoms with Crippen LogP contribution in [0.25, 0.3) is 11.3 Å². The summed E-state index contributed by atoms with van der Waals surface area (Å²) in [6.45, 7) is 6.28. The van der Waals surface area contributed by atoms with E-state index in [2.05, 4.69) is 41.7 Å². The number of aromatic nitrogens is 2. The van der Waals surface area contributed by atoms with Crippen molar-refractivity contribution in [1.82, 2.24) is 9.55 Å². The molecule has 0 aliphatic rings. The molecule has 0 radical (unpaired) electrons. The number of nitrogens with zero attached hydrogens (tertiary/aromatic N) is 2. The summed E-state index contributed by atoms with van der Waals surface area (Å²) in [5, 5.41) is 0. The fourth-order valence-electron chi connectivity index (χ4n) is 1.91. The van der Waals surface area contributed by atoms with Crippen LogP contribution in [0.1, 0.15) is 20.8 Å². The molecule has 0 saturated heterocycles. The molecule has 0 aliphatic heterocycles. The highest BCUT2D eigenvalue weighted by Gasteiger charge is 2.20. The van der Waals surface area contributed by atoms with Gasteiger partial charge in [0.25, 0.3) is 0 Å². The molecule has 1 aromatic heterocycles. The Morgan fingerprint density at radius 3 is 2.53 bits per heavy atom. The molecular formula is C14H18BrN3O. The van der Waals surface area contributed by atoms with Crippen LogP contribution in [0.4, 0.5) is 5.82 Å². The van der Waals surface area contributed by atoms with Crippen LogP contribution in [0.5, 0.6) is 5.75 Å². The van der Waals surface area contributed by atoms with Gasteiger partial charge in [-0.15, -0.1) is 0 Å². The summed E-state index contributed by atoms with van der Waals surface area (Å²) in [5.41, 5.74) is 7.82. The van der Waals surface area contributed by atoms with E-state index in [9.17, 15) is 0 Å². The molecule has 0 aliphatic carbocycles. The number of benzene rings is 1. The van der Waals surface area contributed by atoms with E-state index in [0.717, 1.165) is 21.5 Å². The summed E-state index contributed by atoms with van der Waals surface area (Å²) < 4.78 is 8.16. The average molecular weight is 324 g/mol. The second-order valence-corrected chi connectivity index (χ2v) is 6.22. The van der Waals surface area contributed by atoms with Gasteiger partial charge in [0, 0.05) is 15.6 Å². The first-order chi connectivity index (χ1) is 8.84. The van der Waals surface area contributed by atoms with E-state index in [1.54, 1.807) is 13.4 Å². The second kappa shape index (κ2) is 4.89. The maximum atomic E-state index is 6.22. The van der Waals surface area contributed by atoms with Gasteiger partial charge in [-0.1, -0.05) is 15.9 Å². The minimum atomic E-state index is -0.0966. The maximum Gasteiger partial charge on any atom is 0.132 e. The number of nitrogens with two attached hydrogens (primary N) is 1. The van der Waals surface area contributed by atoms with E-state index in [0.29, 0.717) is 5.82 Å². The van der Waals surface area contributed by atoms with Gasteiger partial charge in [-0.25, -0.2) is 4.98 Å². The number of anilines is 1. The molecule has 0 saturated carbocycles. The van der Waals surface area contributed by atoms with Crippen molar-refractivity contribution in [2.24, 2.45) is 0 Å². The van der Waals surface area contributed by atoms with E-state index >= 15 is 0 Å². The Labute approximate surface area is 121 Å². The number of methoxy groups -OCH3 is 1. The number of imidazole rings is 1. The Morgan fingerprint density at radius 2 is 2.00 bits per heavy atom. The molecule has 5 heteroatoms. The molecule has 19 heavy (non-hydrogen) atoms. The topological polar surface area (TPSA) is 53.1 Å². The number of rotatable bonds is 2. The number of hydrogen-bond acceptors (Lipinski definition) is 3. The Kier molecular flexibility index (Phi) is 3.58. The summed E-state index contributed by atoms with van der Waals surface area (Å²) >= 11 is 3.53. The number of nitrogen functional groups attached to an aromatic ring is 1. The Hall–Kier alpha value is -1.49. The molecule has 0 atom stereocenters. The minimum absolute atomic E-state index is 0.0966. The predicted molar refractivity (Wildman–Crippen MR) is 81.3 cm³/mol. The van der Waals surface area contributed by atoms with Crippen molar-refractivity contribution >= 4 is 21.7 Å². The van der Waals surface area contributed by atoms with Crippen molar-refractivity contribution in [3.05, 3.63) is 29.0 Å². The van der Waals surface area contributed by atoms with Crippen LogP contribution >= 0.6 is 15.9 Å². The molecule has 0 bridgehead atoms. The number of hydrogen-bond donors (Lipinski definition) is 1. The lowest BCUT2D eigenvalue weighted by molar-refractivity contribution is 0.402. The Morgan fingerprint density at radius 1 is 1.32 bits per heavy atom. The second-order valence-electron chi connectivity index (χ2n) is 5.37. The molecule has 0 amide bonds. The van der Waals surface area contributed by atoms with Crippen LogP contribution in [0.2, 0.25) is 0 Å². The van der Waals surface area contributed by atoms with Crippen LogP contribution in [0, 0.1) is 0 Å². The first-order valence-electron chi connectivity index (χ1n) is 6.02. The van der Waals surface area contributed by atoms with Gasteiger partial charge in [0.1, 0.15) is 17.3 Å². The normalized spacial score (nSPS) is 11.6. The summed E-state index contributed by atoms with van der Waals surface area (Å²) in [5.74, 6) is 1.43. The summed E-state index contributed by atoms with van der Waals surface area (Å²) in [6, 6.07) is 5.75. The first-order valence-corrected chi connectivity index (χ1v) is 6.81. The zero-order valence-electron chi connectivity index (χ0n) is 11.6. The van der Waals surface area contributed by atoms with E-state index in [-0.39, 0.29) is 5.54 Å². The Balaban J connectivity index is 2.57. The third-order valence-electron chi connectivity index (χ3n) is 2.96. The molecule has 2 N–H and O–H groups in total. The largest absolute Gasteiger partial charge is 0.497 e. The number of halogens is 1. The van der Waals surface area contributed by atoms with Gasteiger partial charge in [-0.3, -0.25) is 0 Å². The molecule has 1 heterocycles.